The average Bonchev–Trinajstić information content (AvgIpc) is 3.22. The van der Waals surface area contributed by atoms with Gasteiger partial charge < -0.3 is 20.6 Å². The van der Waals surface area contributed by atoms with Gasteiger partial charge in [0.1, 0.15) is 6.10 Å². The molecule has 0 fully saturated rings. The Bertz CT molecular complexity index is 844. The maximum absolute atomic E-state index is 12.5. The average molecular weight is 804 g/mol. The van der Waals surface area contributed by atoms with E-state index in [1.54, 1.807) is 0 Å². The molecule has 0 aromatic carbocycles. The maximum atomic E-state index is 12.5. The first-order valence-electron chi connectivity index (χ1n) is 25.6. The molecule has 3 unspecified atom stereocenters. The second-order valence-corrected chi connectivity index (χ2v) is 17.7. The molecular formula is C52H101NO4. The van der Waals surface area contributed by atoms with Crippen LogP contribution in [0.5, 0.6) is 0 Å². The van der Waals surface area contributed by atoms with Crippen molar-refractivity contribution < 1.29 is 20.1 Å². The highest BCUT2D eigenvalue weighted by atomic mass is 16.3. The molecule has 0 aliphatic heterocycles. The minimum Gasteiger partial charge on any atom is -0.394 e. The van der Waals surface area contributed by atoms with Gasteiger partial charge in [0.2, 0.25) is 5.91 Å². The van der Waals surface area contributed by atoms with E-state index in [9.17, 15) is 20.1 Å². The molecule has 0 aliphatic carbocycles. The zero-order valence-corrected chi connectivity index (χ0v) is 38.5. The highest BCUT2D eigenvalue weighted by Gasteiger charge is 2.26. The Morgan fingerprint density at radius 3 is 1.11 bits per heavy atom. The monoisotopic (exact) mass is 804 g/mol. The normalized spacial score (nSPS) is 13.6. The van der Waals surface area contributed by atoms with Crippen LogP contribution in [0, 0.1) is 0 Å². The van der Waals surface area contributed by atoms with Gasteiger partial charge in [-0.2, -0.15) is 0 Å². The van der Waals surface area contributed by atoms with Crippen molar-refractivity contribution in [1.82, 2.24) is 5.32 Å². The summed E-state index contributed by atoms with van der Waals surface area (Å²) in [6.07, 6.45) is 58.7. The predicted octanol–water partition coefficient (Wildman–Crippen LogP) is 15.3. The maximum Gasteiger partial charge on any atom is 0.220 e. The number of aliphatic hydroxyl groups excluding tert-OH is 3. The Morgan fingerprint density at radius 2 is 0.754 bits per heavy atom. The van der Waals surface area contributed by atoms with Crippen LogP contribution in [0.1, 0.15) is 277 Å². The van der Waals surface area contributed by atoms with Crippen molar-refractivity contribution in [3.8, 4) is 0 Å². The molecule has 0 saturated carbocycles. The lowest BCUT2D eigenvalue weighted by atomic mass is 9.99. The molecule has 0 radical (unpaired) electrons. The van der Waals surface area contributed by atoms with Crippen LogP contribution in [-0.2, 0) is 4.79 Å². The van der Waals surface area contributed by atoms with Crippen molar-refractivity contribution in [3.05, 3.63) is 24.3 Å². The van der Waals surface area contributed by atoms with Gasteiger partial charge in [-0.1, -0.05) is 250 Å². The Labute approximate surface area is 356 Å². The molecule has 0 saturated heterocycles. The van der Waals surface area contributed by atoms with E-state index < -0.39 is 18.2 Å². The molecule has 0 aromatic rings. The molecule has 5 nitrogen and oxygen atoms in total. The number of amides is 1. The minimum atomic E-state index is -1.14. The molecule has 0 heterocycles. The lowest BCUT2D eigenvalue weighted by molar-refractivity contribution is -0.124. The largest absolute Gasteiger partial charge is 0.394 e. The molecule has 0 aliphatic rings. The van der Waals surface area contributed by atoms with Crippen LogP contribution in [0.3, 0.4) is 0 Å². The Hall–Kier alpha value is -1.17. The molecule has 338 valence electrons. The molecule has 1 amide bonds. The summed E-state index contributed by atoms with van der Waals surface area (Å²) in [4.78, 5) is 12.5. The van der Waals surface area contributed by atoms with E-state index in [0.717, 1.165) is 44.9 Å². The molecule has 5 heteroatoms. The van der Waals surface area contributed by atoms with Crippen molar-refractivity contribution in [2.75, 3.05) is 6.61 Å². The molecule has 0 bridgehead atoms. The van der Waals surface area contributed by atoms with Gasteiger partial charge in [0.25, 0.3) is 0 Å². The van der Waals surface area contributed by atoms with E-state index in [-0.39, 0.29) is 12.5 Å². The van der Waals surface area contributed by atoms with Crippen molar-refractivity contribution in [1.29, 1.82) is 0 Å². The molecule has 0 rings (SSSR count). The number of unbranched alkanes of at least 4 members (excludes halogenated alkanes) is 35. The first-order valence-corrected chi connectivity index (χ1v) is 25.6. The van der Waals surface area contributed by atoms with Gasteiger partial charge in [0, 0.05) is 6.42 Å². The van der Waals surface area contributed by atoms with Crippen LogP contribution in [0.2, 0.25) is 0 Å². The van der Waals surface area contributed by atoms with E-state index in [4.69, 9.17) is 0 Å². The summed E-state index contributed by atoms with van der Waals surface area (Å²) in [5.74, 6) is -0.146. The third kappa shape index (κ3) is 42.8. The Kier molecular flexibility index (Phi) is 46.5. The smallest absolute Gasteiger partial charge is 0.220 e. The van der Waals surface area contributed by atoms with Crippen molar-refractivity contribution in [2.24, 2.45) is 0 Å². The third-order valence-corrected chi connectivity index (χ3v) is 12.1. The summed E-state index contributed by atoms with van der Waals surface area (Å²) in [5, 5.41) is 33.7. The SMILES string of the molecule is CCCCCCCCCCC/C=C\C/C=C\CCCCCCCCCCCC(=O)NC(CO)C(O)C(O)CCCCCCCCCCCCCCCCCCCC. The zero-order valence-electron chi connectivity index (χ0n) is 38.5. The van der Waals surface area contributed by atoms with E-state index in [1.807, 2.05) is 0 Å². The van der Waals surface area contributed by atoms with E-state index in [1.165, 1.54) is 205 Å². The van der Waals surface area contributed by atoms with Crippen LogP contribution >= 0.6 is 0 Å². The summed E-state index contributed by atoms with van der Waals surface area (Å²) >= 11 is 0. The fraction of sp³-hybridized carbons (Fsp3) is 0.904. The molecule has 3 atom stereocenters. The number of carbonyl (C=O) groups is 1. The highest BCUT2D eigenvalue weighted by molar-refractivity contribution is 5.76. The van der Waals surface area contributed by atoms with Gasteiger partial charge in [-0.3, -0.25) is 4.79 Å². The standard InChI is InChI=1S/C52H101NO4/c1-3-5-7-9-11-13-15-17-19-21-23-24-25-26-27-28-29-31-33-35-37-39-41-43-45-47-51(56)53-49(48-54)52(57)50(55)46-44-42-40-38-36-34-32-30-22-20-18-16-14-12-10-8-6-4-2/h23-24,26-27,49-50,52,54-55,57H,3-22,25,28-48H2,1-2H3,(H,53,56)/b24-23-,27-26-. The summed E-state index contributed by atoms with van der Waals surface area (Å²) < 4.78 is 0. The van der Waals surface area contributed by atoms with Gasteiger partial charge in [-0.05, 0) is 44.9 Å². The number of rotatable bonds is 47. The zero-order chi connectivity index (χ0) is 41.5. The number of aliphatic hydroxyl groups is 3. The number of hydrogen-bond acceptors (Lipinski definition) is 4. The minimum absolute atomic E-state index is 0.146. The second kappa shape index (κ2) is 47.5. The van der Waals surface area contributed by atoms with Crippen LogP contribution < -0.4 is 5.32 Å². The topological polar surface area (TPSA) is 89.8 Å². The summed E-state index contributed by atoms with van der Waals surface area (Å²) in [7, 11) is 0. The number of hydrogen-bond donors (Lipinski definition) is 4. The number of allylic oxidation sites excluding steroid dienone is 4. The van der Waals surface area contributed by atoms with E-state index >= 15 is 0 Å². The first kappa shape index (κ1) is 55.8. The van der Waals surface area contributed by atoms with Crippen LogP contribution in [0.15, 0.2) is 24.3 Å². The van der Waals surface area contributed by atoms with Crippen LogP contribution in [0.25, 0.3) is 0 Å². The molecule has 4 N–H and O–H groups in total. The molecule has 0 spiro atoms. The van der Waals surface area contributed by atoms with E-state index in [0.29, 0.717) is 12.8 Å². The first-order chi connectivity index (χ1) is 28.1. The fourth-order valence-corrected chi connectivity index (χ4v) is 8.08. The lowest BCUT2D eigenvalue weighted by Crippen LogP contribution is -2.50. The Balaban J connectivity index is 3.58. The quantitative estimate of drug-likeness (QED) is 0.0364. The fourth-order valence-electron chi connectivity index (χ4n) is 8.08. The summed E-state index contributed by atoms with van der Waals surface area (Å²) in [6, 6.07) is -0.811. The second-order valence-electron chi connectivity index (χ2n) is 17.7. The molecule has 57 heavy (non-hydrogen) atoms. The molecule has 0 aromatic heterocycles. The van der Waals surface area contributed by atoms with Gasteiger partial charge in [-0.25, -0.2) is 0 Å². The van der Waals surface area contributed by atoms with Crippen LogP contribution in [-0.4, -0.2) is 46.1 Å². The van der Waals surface area contributed by atoms with Gasteiger partial charge in [0.15, 0.2) is 0 Å². The van der Waals surface area contributed by atoms with Gasteiger partial charge >= 0.3 is 0 Å². The highest BCUT2D eigenvalue weighted by Crippen LogP contribution is 2.17. The van der Waals surface area contributed by atoms with Crippen LogP contribution in [0.4, 0.5) is 0 Å². The van der Waals surface area contributed by atoms with Gasteiger partial charge in [-0.15, -0.1) is 0 Å². The summed E-state index contributed by atoms with van der Waals surface area (Å²) in [5.41, 5.74) is 0. The molecular weight excluding hydrogens is 703 g/mol. The third-order valence-electron chi connectivity index (χ3n) is 12.1. The van der Waals surface area contributed by atoms with Crippen molar-refractivity contribution in [3.63, 3.8) is 0 Å². The Morgan fingerprint density at radius 1 is 0.439 bits per heavy atom. The van der Waals surface area contributed by atoms with Crippen molar-refractivity contribution in [2.45, 2.75) is 295 Å². The number of carbonyl (C=O) groups excluding carboxylic acids is 1. The van der Waals surface area contributed by atoms with Crippen molar-refractivity contribution >= 4 is 5.91 Å². The lowest BCUT2D eigenvalue weighted by Gasteiger charge is -2.26. The predicted molar refractivity (Wildman–Crippen MR) is 250 cm³/mol. The van der Waals surface area contributed by atoms with E-state index in [2.05, 4.69) is 43.5 Å². The summed E-state index contributed by atoms with van der Waals surface area (Å²) in [6.45, 7) is 4.20. The van der Waals surface area contributed by atoms with Gasteiger partial charge in [0.05, 0.1) is 18.8 Å². The number of nitrogens with one attached hydrogen (secondary N) is 1.